The first kappa shape index (κ1) is 32.0. The highest BCUT2D eigenvalue weighted by molar-refractivity contribution is 6.08. The Bertz CT molecular complexity index is 1820. The number of methoxy groups -OCH3 is 1. The number of fused-ring (bicyclic) bond motifs is 1. The van der Waals surface area contributed by atoms with Crippen molar-refractivity contribution in [2.45, 2.75) is 39.2 Å². The second kappa shape index (κ2) is 14.6. The summed E-state index contributed by atoms with van der Waals surface area (Å²) in [5.74, 6) is -0.391. The number of nitrogens with zero attached hydrogens (tertiary/aromatic N) is 2. The SMILES string of the molecule is COC(=O)c1ccc(OCCCON=Cc2cn(Cc3ccccc3)c3ccccc23)cc1NC(=O)c1ccc(C(C)(C)C)cc1. The molecule has 0 unspecified atom stereocenters. The van der Waals surface area contributed by atoms with Gasteiger partial charge in [-0.05, 0) is 46.9 Å². The molecule has 1 N–H and O–H groups in total. The zero-order valence-corrected chi connectivity index (χ0v) is 26.7. The number of amides is 1. The Balaban J connectivity index is 1.16. The van der Waals surface area contributed by atoms with Crippen molar-refractivity contribution in [2.24, 2.45) is 5.16 Å². The average molecular weight is 618 g/mol. The summed E-state index contributed by atoms with van der Waals surface area (Å²) in [6.45, 7) is 7.82. The fourth-order valence-electron chi connectivity index (χ4n) is 5.07. The summed E-state index contributed by atoms with van der Waals surface area (Å²) >= 11 is 0. The topological polar surface area (TPSA) is 91.2 Å². The zero-order valence-electron chi connectivity index (χ0n) is 26.7. The van der Waals surface area contributed by atoms with Crippen molar-refractivity contribution in [1.29, 1.82) is 0 Å². The molecule has 0 saturated carbocycles. The minimum atomic E-state index is -0.556. The van der Waals surface area contributed by atoms with Crippen LogP contribution in [0.3, 0.4) is 0 Å². The highest BCUT2D eigenvalue weighted by atomic mass is 16.6. The molecule has 0 aliphatic carbocycles. The number of aromatic nitrogens is 1. The Morgan fingerprint density at radius 3 is 2.37 bits per heavy atom. The summed E-state index contributed by atoms with van der Waals surface area (Å²) in [5, 5.41) is 8.14. The van der Waals surface area contributed by atoms with Crippen LogP contribution in [-0.4, -0.2) is 43.0 Å². The van der Waals surface area contributed by atoms with Crippen LogP contribution in [-0.2, 0) is 21.5 Å². The standard InChI is InChI=1S/C38H39N3O5/c1-38(2,3)30-17-15-28(16-18-30)36(42)40-34-23-31(19-20-33(34)37(43)44-4)45-21-10-22-46-39-24-29-26-41(25-27-11-6-5-7-12-27)35-14-9-8-13-32(29)35/h5-9,11-20,23-24,26H,10,21-22,25H2,1-4H3,(H,40,42). The molecular weight excluding hydrogens is 578 g/mol. The van der Waals surface area contributed by atoms with Gasteiger partial charge in [0.15, 0.2) is 0 Å². The number of hydrogen-bond donors (Lipinski definition) is 1. The maximum absolute atomic E-state index is 13.0. The first-order chi connectivity index (χ1) is 22.2. The van der Waals surface area contributed by atoms with E-state index in [9.17, 15) is 9.59 Å². The van der Waals surface area contributed by atoms with Gasteiger partial charge in [-0.2, -0.15) is 0 Å². The second-order valence-corrected chi connectivity index (χ2v) is 12.0. The van der Waals surface area contributed by atoms with E-state index in [0.29, 0.717) is 36.6 Å². The number of rotatable bonds is 12. The van der Waals surface area contributed by atoms with E-state index in [1.54, 1.807) is 36.5 Å². The lowest BCUT2D eigenvalue weighted by molar-refractivity contribution is 0.0602. The molecule has 0 radical (unpaired) electrons. The van der Waals surface area contributed by atoms with Crippen molar-refractivity contribution in [3.63, 3.8) is 0 Å². The molecule has 1 amide bonds. The normalized spacial score (nSPS) is 11.5. The third-order valence-corrected chi connectivity index (χ3v) is 7.59. The fraction of sp³-hybridized carbons (Fsp3) is 0.237. The molecule has 0 spiro atoms. The lowest BCUT2D eigenvalue weighted by atomic mass is 9.86. The lowest BCUT2D eigenvalue weighted by Gasteiger charge is -2.19. The van der Waals surface area contributed by atoms with E-state index in [-0.39, 0.29) is 16.9 Å². The minimum Gasteiger partial charge on any atom is -0.493 e. The largest absolute Gasteiger partial charge is 0.493 e. The minimum absolute atomic E-state index is 0.0273. The highest BCUT2D eigenvalue weighted by Gasteiger charge is 2.18. The van der Waals surface area contributed by atoms with E-state index < -0.39 is 5.97 Å². The number of ether oxygens (including phenoxy) is 2. The van der Waals surface area contributed by atoms with Crippen molar-refractivity contribution in [2.75, 3.05) is 25.6 Å². The zero-order chi connectivity index (χ0) is 32.5. The number of benzene rings is 4. The van der Waals surface area contributed by atoms with Crippen LogP contribution in [0.2, 0.25) is 0 Å². The van der Waals surface area contributed by atoms with Crippen LogP contribution >= 0.6 is 0 Å². The molecular formula is C38H39N3O5. The van der Waals surface area contributed by atoms with Crippen LogP contribution in [0.4, 0.5) is 5.69 Å². The van der Waals surface area contributed by atoms with Crippen LogP contribution < -0.4 is 10.1 Å². The molecule has 8 heteroatoms. The third-order valence-electron chi connectivity index (χ3n) is 7.59. The number of hydrogen-bond acceptors (Lipinski definition) is 6. The molecule has 0 saturated heterocycles. The maximum atomic E-state index is 13.0. The monoisotopic (exact) mass is 617 g/mol. The maximum Gasteiger partial charge on any atom is 0.339 e. The van der Waals surface area contributed by atoms with Gasteiger partial charge in [0.25, 0.3) is 5.91 Å². The molecule has 0 bridgehead atoms. The summed E-state index contributed by atoms with van der Waals surface area (Å²) < 4.78 is 13.0. The summed E-state index contributed by atoms with van der Waals surface area (Å²) in [5.41, 5.74) is 5.45. The van der Waals surface area contributed by atoms with Gasteiger partial charge in [0.05, 0.1) is 31.2 Å². The number of para-hydroxylation sites is 1. The number of nitrogens with one attached hydrogen (secondary N) is 1. The quantitative estimate of drug-likeness (QED) is 0.0667. The van der Waals surface area contributed by atoms with Gasteiger partial charge in [-0.25, -0.2) is 4.79 Å². The number of esters is 1. The molecule has 0 aliphatic rings. The molecule has 4 aromatic carbocycles. The molecule has 8 nitrogen and oxygen atoms in total. The second-order valence-electron chi connectivity index (χ2n) is 12.0. The van der Waals surface area contributed by atoms with Gasteiger partial charge in [0, 0.05) is 47.3 Å². The molecule has 5 rings (SSSR count). The van der Waals surface area contributed by atoms with Crippen molar-refractivity contribution >= 4 is 34.7 Å². The Kier molecular flexibility index (Phi) is 10.2. The van der Waals surface area contributed by atoms with Crippen molar-refractivity contribution in [3.8, 4) is 5.75 Å². The van der Waals surface area contributed by atoms with Crippen LogP contribution in [0, 0.1) is 0 Å². The number of carbonyl (C=O) groups is 2. The number of anilines is 1. The summed E-state index contributed by atoms with van der Waals surface area (Å²) in [6, 6.07) is 30.9. The predicted molar refractivity (Wildman–Crippen MR) is 182 cm³/mol. The molecule has 46 heavy (non-hydrogen) atoms. The lowest BCUT2D eigenvalue weighted by Crippen LogP contribution is -2.16. The van der Waals surface area contributed by atoms with Gasteiger partial charge >= 0.3 is 5.97 Å². The van der Waals surface area contributed by atoms with E-state index in [1.807, 2.05) is 42.5 Å². The van der Waals surface area contributed by atoms with E-state index in [0.717, 1.165) is 28.6 Å². The van der Waals surface area contributed by atoms with Gasteiger partial charge < -0.3 is 24.2 Å². The third kappa shape index (κ3) is 8.01. The smallest absolute Gasteiger partial charge is 0.339 e. The van der Waals surface area contributed by atoms with Crippen LogP contribution in [0.15, 0.2) is 108 Å². The fourth-order valence-corrected chi connectivity index (χ4v) is 5.07. The average Bonchev–Trinajstić information content (AvgIpc) is 3.41. The van der Waals surface area contributed by atoms with Gasteiger partial charge in [-0.3, -0.25) is 4.79 Å². The van der Waals surface area contributed by atoms with Gasteiger partial charge in [-0.15, -0.1) is 0 Å². The van der Waals surface area contributed by atoms with Gasteiger partial charge in [0.1, 0.15) is 12.4 Å². The molecule has 5 aromatic rings. The van der Waals surface area contributed by atoms with Crippen LogP contribution in [0.25, 0.3) is 10.9 Å². The van der Waals surface area contributed by atoms with Crippen molar-refractivity contribution < 1.29 is 23.9 Å². The molecule has 236 valence electrons. The van der Waals surface area contributed by atoms with Gasteiger partial charge in [-0.1, -0.05) is 86.6 Å². The van der Waals surface area contributed by atoms with Crippen LogP contribution in [0.1, 0.15) is 64.6 Å². The number of oxime groups is 1. The Morgan fingerprint density at radius 1 is 0.891 bits per heavy atom. The molecule has 1 aromatic heterocycles. The summed E-state index contributed by atoms with van der Waals surface area (Å²) in [6.07, 6.45) is 4.40. The summed E-state index contributed by atoms with van der Waals surface area (Å²) in [7, 11) is 1.30. The Hall–Kier alpha value is -5.37. The predicted octanol–water partition coefficient (Wildman–Crippen LogP) is 7.85. The highest BCUT2D eigenvalue weighted by Crippen LogP contribution is 2.26. The molecule has 0 aliphatic heterocycles. The molecule has 0 fully saturated rings. The Morgan fingerprint density at radius 2 is 1.63 bits per heavy atom. The molecule has 1 heterocycles. The van der Waals surface area contributed by atoms with E-state index in [2.05, 4.69) is 66.3 Å². The van der Waals surface area contributed by atoms with E-state index >= 15 is 0 Å². The molecule has 0 atom stereocenters. The van der Waals surface area contributed by atoms with Gasteiger partial charge in [0.2, 0.25) is 0 Å². The van der Waals surface area contributed by atoms with Crippen molar-refractivity contribution in [1.82, 2.24) is 4.57 Å². The van der Waals surface area contributed by atoms with E-state index in [4.69, 9.17) is 14.3 Å². The first-order valence-corrected chi connectivity index (χ1v) is 15.3. The summed E-state index contributed by atoms with van der Waals surface area (Å²) in [4.78, 5) is 31.0. The van der Waals surface area contributed by atoms with E-state index in [1.165, 1.54) is 12.7 Å². The van der Waals surface area contributed by atoms with Crippen molar-refractivity contribution in [3.05, 3.63) is 131 Å². The number of carbonyl (C=O) groups excluding carboxylic acids is 2. The van der Waals surface area contributed by atoms with Crippen LogP contribution in [0.5, 0.6) is 5.75 Å². The Labute approximate surface area is 269 Å². The first-order valence-electron chi connectivity index (χ1n) is 15.3.